The molecule has 0 saturated heterocycles. The molecule has 0 fully saturated rings. The van der Waals surface area contributed by atoms with Gasteiger partial charge in [0.1, 0.15) is 11.5 Å². The van der Waals surface area contributed by atoms with Crippen LogP contribution in [0.2, 0.25) is 0 Å². The van der Waals surface area contributed by atoms with Gasteiger partial charge in [-0.25, -0.2) is 0 Å². The number of nitrogens with zero attached hydrogens (tertiary/aromatic N) is 3. The van der Waals surface area contributed by atoms with E-state index in [2.05, 4.69) is 10.2 Å². The Morgan fingerprint density at radius 2 is 1.76 bits per heavy atom. The monoisotopic (exact) mass is 413 g/mol. The summed E-state index contributed by atoms with van der Waals surface area (Å²) in [6.07, 6.45) is 0. The Balaban J connectivity index is 1.64. The molecule has 0 unspecified atom stereocenters. The van der Waals surface area contributed by atoms with Crippen molar-refractivity contribution in [2.75, 3.05) is 27.0 Å². The highest BCUT2D eigenvalue weighted by atomic mass is 32.2. The summed E-state index contributed by atoms with van der Waals surface area (Å²) >= 11 is 1.21. The smallest absolute Gasteiger partial charge is 0.277 e. The Bertz CT molecular complexity index is 939. The average Bonchev–Trinajstić information content (AvgIpc) is 3.25. The first-order valence-electron chi connectivity index (χ1n) is 9.02. The summed E-state index contributed by atoms with van der Waals surface area (Å²) in [6.45, 7) is 2.00. The summed E-state index contributed by atoms with van der Waals surface area (Å²) in [5.41, 5.74) is 1.77. The molecular weight excluding hydrogens is 390 g/mol. The maximum atomic E-state index is 12.6. The van der Waals surface area contributed by atoms with Gasteiger partial charge in [0.05, 0.1) is 26.0 Å². The Hall–Kier alpha value is -3.00. The molecule has 1 heterocycles. The molecular formula is C21H23N3O4S. The Labute approximate surface area is 174 Å². The third-order valence-corrected chi connectivity index (χ3v) is 5.38. The lowest BCUT2D eigenvalue weighted by Gasteiger charge is -2.25. The number of methoxy groups -OCH3 is 2. The van der Waals surface area contributed by atoms with E-state index in [-0.39, 0.29) is 17.7 Å². The lowest BCUT2D eigenvalue weighted by molar-refractivity contribution is -0.128. The number of benzene rings is 2. The Kier molecular flexibility index (Phi) is 6.77. The quantitative estimate of drug-likeness (QED) is 0.515. The number of amides is 1. The largest absolute Gasteiger partial charge is 0.497 e. The fourth-order valence-electron chi connectivity index (χ4n) is 2.71. The van der Waals surface area contributed by atoms with Crippen LogP contribution in [0.25, 0.3) is 11.5 Å². The molecule has 1 amide bonds. The lowest BCUT2D eigenvalue weighted by Crippen LogP contribution is -2.31. The van der Waals surface area contributed by atoms with E-state index < -0.39 is 0 Å². The van der Waals surface area contributed by atoms with Crippen molar-refractivity contribution in [1.29, 1.82) is 0 Å². The molecule has 0 N–H and O–H groups in total. The maximum Gasteiger partial charge on any atom is 0.277 e. The molecule has 0 aliphatic rings. The van der Waals surface area contributed by atoms with Crippen molar-refractivity contribution < 1.29 is 18.7 Å². The molecule has 0 saturated carbocycles. The van der Waals surface area contributed by atoms with Crippen molar-refractivity contribution >= 4 is 17.7 Å². The van der Waals surface area contributed by atoms with Crippen LogP contribution in [0, 0.1) is 0 Å². The molecule has 0 aliphatic carbocycles. The highest BCUT2D eigenvalue weighted by Gasteiger charge is 2.19. The SMILES string of the molecule is COc1cc(OC)cc(-c2nnc(SCC(=O)N(C)[C@@H](C)c3ccccc3)o2)c1. The van der Waals surface area contributed by atoms with Crippen molar-refractivity contribution in [3.63, 3.8) is 0 Å². The number of carbonyl (C=O) groups is 1. The van der Waals surface area contributed by atoms with Gasteiger partial charge in [-0.1, -0.05) is 42.1 Å². The molecule has 29 heavy (non-hydrogen) atoms. The second-order valence-corrected chi connectivity index (χ2v) is 7.28. The van der Waals surface area contributed by atoms with E-state index in [0.717, 1.165) is 5.56 Å². The number of aromatic nitrogens is 2. The van der Waals surface area contributed by atoms with Gasteiger partial charge in [0.2, 0.25) is 11.8 Å². The first-order valence-corrected chi connectivity index (χ1v) is 10.0. The van der Waals surface area contributed by atoms with Crippen LogP contribution in [0.4, 0.5) is 0 Å². The maximum absolute atomic E-state index is 12.6. The van der Waals surface area contributed by atoms with Gasteiger partial charge in [-0.15, -0.1) is 10.2 Å². The van der Waals surface area contributed by atoms with E-state index in [9.17, 15) is 4.79 Å². The zero-order chi connectivity index (χ0) is 20.8. The van der Waals surface area contributed by atoms with Gasteiger partial charge in [0.15, 0.2) is 0 Å². The predicted molar refractivity (Wildman–Crippen MR) is 111 cm³/mol. The number of hydrogen-bond donors (Lipinski definition) is 0. The summed E-state index contributed by atoms with van der Waals surface area (Å²) in [4.78, 5) is 14.3. The van der Waals surface area contributed by atoms with E-state index >= 15 is 0 Å². The highest BCUT2D eigenvalue weighted by Crippen LogP contribution is 2.30. The number of hydrogen-bond acceptors (Lipinski definition) is 7. The van der Waals surface area contributed by atoms with Crippen molar-refractivity contribution in [3.05, 3.63) is 54.1 Å². The third kappa shape index (κ3) is 5.08. The molecule has 7 nitrogen and oxygen atoms in total. The molecule has 0 bridgehead atoms. The minimum Gasteiger partial charge on any atom is -0.497 e. The van der Waals surface area contributed by atoms with Crippen molar-refractivity contribution in [1.82, 2.24) is 15.1 Å². The minimum absolute atomic E-state index is 0.0193. The summed E-state index contributed by atoms with van der Waals surface area (Å²) in [5, 5.41) is 8.43. The Morgan fingerprint density at radius 3 is 2.38 bits per heavy atom. The van der Waals surface area contributed by atoms with Crippen LogP contribution in [0.1, 0.15) is 18.5 Å². The molecule has 8 heteroatoms. The standard InChI is InChI=1S/C21H23N3O4S/c1-14(15-8-6-5-7-9-15)24(2)19(25)13-29-21-23-22-20(28-21)16-10-17(26-3)12-18(11-16)27-4/h5-12,14H,13H2,1-4H3/t14-/m0/s1. The number of carbonyl (C=O) groups excluding carboxylic acids is 1. The molecule has 1 atom stereocenters. The van der Waals surface area contributed by atoms with E-state index in [1.54, 1.807) is 44.4 Å². The summed E-state index contributed by atoms with van der Waals surface area (Å²) in [5.74, 6) is 1.77. The minimum atomic E-state index is -0.0215. The topological polar surface area (TPSA) is 77.7 Å². The molecule has 1 aromatic heterocycles. The molecule has 0 radical (unpaired) electrons. The second kappa shape index (κ2) is 9.47. The van der Waals surface area contributed by atoms with Crippen LogP contribution in [-0.2, 0) is 4.79 Å². The van der Waals surface area contributed by atoms with Gasteiger partial charge in [0, 0.05) is 18.7 Å². The first kappa shape index (κ1) is 20.7. The normalized spacial score (nSPS) is 11.7. The predicted octanol–water partition coefficient (Wildman–Crippen LogP) is 4.07. The van der Waals surface area contributed by atoms with Gasteiger partial charge in [-0.05, 0) is 24.6 Å². The Morgan fingerprint density at radius 1 is 1.10 bits per heavy atom. The van der Waals surface area contributed by atoms with E-state index in [0.29, 0.717) is 28.2 Å². The van der Waals surface area contributed by atoms with Crippen molar-refractivity contribution in [2.45, 2.75) is 18.2 Å². The number of thioether (sulfide) groups is 1. The van der Waals surface area contributed by atoms with Crippen LogP contribution in [-0.4, -0.2) is 48.0 Å². The van der Waals surface area contributed by atoms with E-state index in [1.165, 1.54) is 11.8 Å². The van der Waals surface area contributed by atoms with E-state index in [4.69, 9.17) is 13.9 Å². The lowest BCUT2D eigenvalue weighted by atomic mass is 10.1. The number of rotatable bonds is 8. The fourth-order valence-corrected chi connectivity index (χ4v) is 3.40. The molecule has 2 aromatic carbocycles. The van der Waals surface area contributed by atoms with Crippen LogP contribution >= 0.6 is 11.8 Å². The molecule has 0 spiro atoms. The molecule has 3 rings (SSSR count). The van der Waals surface area contributed by atoms with Crippen molar-refractivity contribution in [2.24, 2.45) is 0 Å². The van der Waals surface area contributed by atoms with Crippen molar-refractivity contribution in [3.8, 4) is 23.0 Å². The van der Waals surface area contributed by atoms with Gasteiger partial charge < -0.3 is 18.8 Å². The zero-order valence-corrected chi connectivity index (χ0v) is 17.6. The van der Waals surface area contributed by atoms with Crippen LogP contribution in [0.3, 0.4) is 0 Å². The van der Waals surface area contributed by atoms with Gasteiger partial charge in [-0.2, -0.15) is 0 Å². The summed E-state index contributed by atoms with van der Waals surface area (Å²) < 4.78 is 16.2. The van der Waals surface area contributed by atoms with Crippen LogP contribution in [0.5, 0.6) is 11.5 Å². The fraction of sp³-hybridized carbons (Fsp3) is 0.286. The third-order valence-electron chi connectivity index (χ3n) is 4.58. The van der Waals surface area contributed by atoms with Gasteiger partial charge in [0.25, 0.3) is 5.22 Å². The van der Waals surface area contributed by atoms with Gasteiger partial charge >= 0.3 is 0 Å². The molecule has 3 aromatic rings. The first-order chi connectivity index (χ1) is 14.0. The second-order valence-electron chi connectivity index (χ2n) is 6.35. The van der Waals surface area contributed by atoms with E-state index in [1.807, 2.05) is 37.3 Å². The summed E-state index contributed by atoms with van der Waals surface area (Å²) in [6, 6.07) is 15.2. The molecule has 152 valence electrons. The van der Waals surface area contributed by atoms with Crippen LogP contribution in [0.15, 0.2) is 58.2 Å². The van der Waals surface area contributed by atoms with Crippen LogP contribution < -0.4 is 9.47 Å². The molecule has 0 aliphatic heterocycles. The average molecular weight is 413 g/mol. The number of ether oxygens (including phenoxy) is 2. The van der Waals surface area contributed by atoms with Gasteiger partial charge in [-0.3, -0.25) is 4.79 Å². The summed E-state index contributed by atoms with van der Waals surface area (Å²) in [7, 11) is 4.95. The highest BCUT2D eigenvalue weighted by molar-refractivity contribution is 7.99. The zero-order valence-electron chi connectivity index (χ0n) is 16.8.